The second-order valence-electron chi connectivity index (χ2n) is 6.07. The van der Waals surface area contributed by atoms with E-state index in [1.165, 1.54) is 12.5 Å². The smallest absolute Gasteiger partial charge is 0.142 e. The topological polar surface area (TPSA) is 17.8 Å². The summed E-state index contributed by atoms with van der Waals surface area (Å²) in [5.74, 6) is -0.414. The summed E-state index contributed by atoms with van der Waals surface area (Å²) in [5.41, 5.74) is 4.58. The second-order valence-corrected chi connectivity index (χ2v) is 7.23. The molecule has 3 heterocycles. The van der Waals surface area contributed by atoms with Gasteiger partial charge in [-0.1, -0.05) is 57.8 Å². The number of benzene rings is 1. The van der Waals surface area contributed by atoms with E-state index in [0.717, 1.165) is 27.7 Å². The van der Waals surface area contributed by atoms with Gasteiger partial charge >= 0.3 is 0 Å². The van der Waals surface area contributed by atoms with Crippen molar-refractivity contribution < 1.29 is 4.39 Å². The largest absolute Gasteiger partial charge is 0.335 e. The molecule has 5 heteroatoms. The Morgan fingerprint density at radius 2 is 1.82 bits per heavy atom. The first-order valence-electron chi connectivity index (χ1n) is 9.48. The highest BCUT2D eigenvalue weighted by Crippen LogP contribution is 2.36. The molecule has 3 aromatic heterocycles. The van der Waals surface area contributed by atoms with Crippen molar-refractivity contribution in [3.8, 4) is 22.3 Å². The van der Waals surface area contributed by atoms with E-state index < -0.39 is 5.82 Å². The van der Waals surface area contributed by atoms with Crippen LogP contribution in [0, 0.1) is 5.82 Å². The average Bonchev–Trinajstić information content (AvgIpc) is 3.35. The van der Waals surface area contributed by atoms with Crippen LogP contribution in [0.3, 0.4) is 0 Å². The molecule has 0 saturated carbocycles. The Hall–Kier alpha value is -2.17. The molecule has 28 heavy (non-hydrogen) atoms. The van der Waals surface area contributed by atoms with Crippen molar-refractivity contribution in [1.29, 1.82) is 0 Å². The molecule has 4 rings (SSSR count). The summed E-state index contributed by atoms with van der Waals surface area (Å²) >= 11 is 7.82. The maximum Gasteiger partial charge on any atom is 0.142 e. The minimum atomic E-state index is -0.414. The lowest BCUT2D eigenvalue weighted by Gasteiger charge is -2.04. The summed E-state index contributed by atoms with van der Waals surface area (Å²) in [4.78, 5) is 4.57. The van der Waals surface area contributed by atoms with Gasteiger partial charge in [-0.25, -0.2) is 9.37 Å². The van der Waals surface area contributed by atoms with E-state index in [0.29, 0.717) is 5.56 Å². The van der Waals surface area contributed by atoms with E-state index in [1.54, 1.807) is 17.4 Å². The molecule has 0 bridgehead atoms. The number of hydrogen-bond donors (Lipinski definition) is 0. The highest BCUT2D eigenvalue weighted by atomic mass is 35.5. The number of aryl methyl sites for hydroxylation is 1. The first-order chi connectivity index (χ1) is 13.6. The number of aromatic nitrogens is 2. The Morgan fingerprint density at radius 3 is 2.46 bits per heavy atom. The number of pyridine rings is 1. The van der Waals surface area contributed by atoms with Crippen molar-refractivity contribution in [2.45, 2.75) is 34.1 Å². The third kappa shape index (κ3) is 4.62. The lowest BCUT2D eigenvalue weighted by molar-refractivity contribution is 0.629. The predicted octanol–water partition coefficient (Wildman–Crippen LogP) is 8.20. The van der Waals surface area contributed by atoms with Gasteiger partial charge in [0.2, 0.25) is 0 Å². The predicted molar refractivity (Wildman–Crippen MR) is 122 cm³/mol. The van der Waals surface area contributed by atoms with Crippen LogP contribution in [0.25, 0.3) is 33.3 Å². The Kier molecular flexibility index (Phi) is 8.21. The molecular formula is C23H26ClFN2S. The zero-order valence-corrected chi connectivity index (χ0v) is 18.5. The third-order valence-electron chi connectivity index (χ3n) is 3.91. The summed E-state index contributed by atoms with van der Waals surface area (Å²) in [5, 5.41) is 5.22. The molecule has 4 aromatic rings. The third-order valence-corrected chi connectivity index (χ3v) is 4.98. The van der Waals surface area contributed by atoms with Gasteiger partial charge in [0.05, 0.1) is 5.02 Å². The van der Waals surface area contributed by atoms with E-state index in [2.05, 4.69) is 36.3 Å². The monoisotopic (exact) mass is 416 g/mol. The van der Waals surface area contributed by atoms with Crippen LogP contribution in [0.2, 0.25) is 5.02 Å². The van der Waals surface area contributed by atoms with Crippen molar-refractivity contribution in [3.05, 3.63) is 64.3 Å². The lowest BCUT2D eigenvalue weighted by Crippen LogP contribution is -1.87. The number of hydrogen-bond acceptors (Lipinski definition) is 2. The fourth-order valence-electron chi connectivity index (χ4n) is 2.77. The molecule has 0 spiro atoms. The Bertz CT molecular complexity index is 1020. The van der Waals surface area contributed by atoms with Crippen molar-refractivity contribution >= 4 is 34.0 Å². The molecular weight excluding hydrogens is 391 g/mol. The molecule has 0 aliphatic rings. The van der Waals surface area contributed by atoms with Crippen LogP contribution in [-0.4, -0.2) is 9.55 Å². The SMILES string of the molecule is CC.CCC.Cn1cc(-c2cccc(F)c2Cl)c2cc(-c3ccsc3)cnc21. The van der Waals surface area contributed by atoms with Gasteiger partial charge < -0.3 is 4.57 Å². The summed E-state index contributed by atoms with van der Waals surface area (Å²) in [6.45, 7) is 8.25. The van der Waals surface area contributed by atoms with Gasteiger partial charge in [-0.2, -0.15) is 11.3 Å². The van der Waals surface area contributed by atoms with Crippen molar-refractivity contribution in [2.24, 2.45) is 7.05 Å². The van der Waals surface area contributed by atoms with Crippen LogP contribution in [-0.2, 0) is 7.05 Å². The van der Waals surface area contributed by atoms with Crippen LogP contribution in [0.1, 0.15) is 34.1 Å². The maximum absolute atomic E-state index is 13.8. The van der Waals surface area contributed by atoms with Gasteiger partial charge in [-0.15, -0.1) is 0 Å². The molecule has 0 aliphatic carbocycles. The maximum atomic E-state index is 13.8. The fourth-order valence-corrected chi connectivity index (χ4v) is 3.67. The summed E-state index contributed by atoms with van der Waals surface area (Å²) in [6, 6.07) is 9.02. The second kappa shape index (κ2) is 10.4. The standard InChI is InChI=1S/C18H12ClFN2S.C3H8.C2H6/c1-22-9-15(13-3-2-4-16(20)17(13)19)14-7-12(8-21-18(14)22)11-5-6-23-10-11;1-3-2;1-2/h2-10H,1H3;3H2,1-2H3;1-2H3. The van der Waals surface area contributed by atoms with Gasteiger partial charge in [0, 0.05) is 41.5 Å². The van der Waals surface area contributed by atoms with Crippen LogP contribution >= 0.6 is 22.9 Å². The minimum Gasteiger partial charge on any atom is -0.335 e. The summed E-state index contributed by atoms with van der Waals surface area (Å²) in [7, 11) is 1.93. The van der Waals surface area contributed by atoms with E-state index in [9.17, 15) is 4.39 Å². The molecule has 1 aromatic carbocycles. The van der Waals surface area contributed by atoms with Crippen molar-refractivity contribution in [1.82, 2.24) is 9.55 Å². The molecule has 2 nitrogen and oxygen atoms in total. The van der Waals surface area contributed by atoms with E-state index in [1.807, 2.05) is 49.3 Å². The van der Waals surface area contributed by atoms with E-state index in [4.69, 9.17) is 11.6 Å². The van der Waals surface area contributed by atoms with Gasteiger partial charge in [0.15, 0.2) is 0 Å². The van der Waals surface area contributed by atoms with Crippen LogP contribution < -0.4 is 0 Å². The van der Waals surface area contributed by atoms with Gasteiger partial charge in [0.25, 0.3) is 0 Å². The Morgan fingerprint density at radius 1 is 1.11 bits per heavy atom. The molecule has 0 amide bonds. The quantitative estimate of drug-likeness (QED) is 0.322. The molecule has 0 saturated heterocycles. The summed E-state index contributed by atoms with van der Waals surface area (Å²) in [6.07, 6.45) is 5.05. The van der Waals surface area contributed by atoms with Gasteiger partial charge in [-0.05, 0) is 34.5 Å². The van der Waals surface area contributed by atoms with Gasteiger partial charge in [0.1, 0.15) is 11.5 Å². The molecule has 0 aliphatic heterocycles. The molecule has 0 unspecified atom stereocenters. The molecule has 0 radical (unpaired) electrons. The number of fused-ring (bicyclic) bond motifs is 1. The highest BCUT2D eigenvalue weighted by Gasteiger charge is 2.15. The van der Waals surface area contributed by atoms with Crippen LogP contribution in [0.15, 0.2) is 53.5 Å². The minimum absolute atomic E-state index is 0.140. The molecule has 148 valence electrons. The van der Waals surface area contributed by atoms with E-state index >= 15 is 0 Å². The number of rotatable bonds is 2. The summed E-state index contributed by atoms with van der Waals surface area (Å²) < 4.78 is 15.8. The fraction of sp³-hybridized carbons (Fsp3) is 0.261. The first-order valence-corrected chi connectivity index (χ1v) is 10.8. The number of nitrogens with zero attached hydrogens (tertiary/aromatic N) is 2. The Labute approximate surface area is 175 Å². The molecule has 0 N–H and O–H groups in total. The number of halogens is 2. The molecule has 0 atom stereocenters. The zero-order valence-electron chi connectivity index (χ0n) is 17.0. The Balaban J connectivity index is 0.000000514. The van der Waals surface area contributed by atoms with Crippen molar-refractivity contribution in [2.75, 3.05) is 0 Å². The average molecular weight is 417 g/mol. The van der Waals surface area contributed by atoms with E-state index in [-0.39, 0.29) is 5.02 Å². The van der Waals surface area contributed by atoms with Crippen molar-refractivity contribution in [3.63, 3.8) is 0 Å². The number of thiophene rings is 1. The normalized spacial score (nSPS) is 10.1. The molecule has 0 fully saturated rings. The lowest BCUT2D eigenvalue weighted by atomic mass is 10.0. The van der Waals surface area contributed by atoms with Crippen LogP contribution in [0.4, 0.5) is 4.39 Å². The van der Waals surface area contributed by atoms with Gasteiger partial charge in [-0.3, -0.25) is 0 Å². The van der Waals surface area contributed by atoms with Crippen LogP contribution in [0.5, 0.6) is 0 Å². The first kappa shape index (κ1) is 22.1. The highest BCUT2D eigenvalue weighted by molar-refractivity contribution is 7.08. The zero-order chi connectivity index (χ0) is 20.7.